The van der Waals surface area contributed by atoms with Crippen LogP contribution in [-0.2, 0) is 16.0 Å². The molecule has 2 aromatic heterocycles. The summed E-state index contributed by atoms with van der Waals surface area (Å²) in [5, 5.41) is 4.70. The molecule has 2 aliphatic rings. The number of ether oxygens (including phenoxy) is 2. The number of anilines is 1. The number of aryl methyl sites for hydroxylation is 2. The molecule has 0 bridgehead atoms. The van der Waals surface area contributed by atoms with Gasteiger partial charge in [0.2, 0.25) is 0 Å². The fourth-order valence-electron chi connectivity index (χ4n) is 3.74. The first-order valence-electron chi connectivity index (χ1n) is 9.55. The van der Waals surface area contributed by atoms with Gasteiger partial charge in [0.1, 0.15) is 16.5 Å². The molecule has 7 heteroatoms. The third kappa shape index (κ3) is 3.71. The normalized spacial score (nSPS) is 20.3. The summed E-state index contributed by atoms with van der Waals surface area (Å²) in [6.45, 7) is 11.6. The predicted molar refractivity (Wildman–Crippen MR) is 105 cm³/mol. The summed E-state index contributed by atoms with van der Waals surface area (Å²) in [5.74, 6) is 1.40. The zero-order valence-electron chi connectivity index (χ0n) is 15.9. The molecule has 0 atom stereocenters. The monoisotopic (exact) mass is 376 g/mol. The van der Waals surface area contributed by atoms with Crippen molar-refractivity contribution in [1.29, 1.82) is 0 Å². The Labute approximate surface area is 158 Å². The van der Waals surface area contributed by atoms with Crippen LogP contribution in [-0.4, -0.2) is 53.5 Å². The van der Waals surface area contributed by atoms with Crippen molar-refractivity contribution in [3.63, 3.8) is 0 Å². The molecule has 1 N–H and O–H groups in total. The summed E-state index contributed by atoms with van der Waals surface area (Å²) in [7, 11) is 0. The Bertz CT molecular complexity index is 779. The number of hydrogen-bond acceptors (Lipinski definition) is 7. The fraction of sp³-hybridized carbons (Fsp3) is 0.684. The van der Waals surface area contributed by atoms with Crippen molar-refractivity contribution >= 4 is 27.4 Å². The van der Waals surface area contributed by atoms with E-state index in [9.17, 15) is 0 Å². The van der Waals surface area contributed by atoms with Gasteiger partial charge in [-0.15, -0.1) is 11.3 Å². The van der Waals surface area contributed by atoms with Crippen LogP contribution < -0.4 is 5.32 Å². The number of nitrogens with one attached hydrogen (secondary N) is 1. The van der Waals surface area contributed by atoms with Crippen LogP contribution in [0, 0.1) is 13.8 Å². The average molecular weight is 377 g/mol. The molecule has 4 rings (SSSR count). The van der Waals surface area contributed by atoms with Crippen molar-refractivity contribution in [2.24, 2.45) is 0 Å². The number of rotatable bonds is 6. The molecule has 26 heavy (non-hydrogen) atoms. The van der Waals surface area contributed by atoms with E-state index in [2.05, 4.69) is 24.1 Å². The molecule has 2 fully saturated rings. The molecular formula is C19H28N4O2S. The highest BCUT2D eigenvalue weighted by atomic mass is 32.1. The van der Waals surface area contributed by atoms with Gasteiger partial charge in [-0.25, -0.2) is 9.97 Å². The highest BCUT2D eigenvalue weighted by Crippen LogP contribution is 2.34. The SMILES string of the molecule is Cc1sc2nc(CN3CCCC3)nc(NCCC3(C)OCCO3)c2c1C. The molecule has 0 spiro atoms. The number of fused-ring (bicyclic) bond motifs is 1. The Balaban J connectivity index is 1.55. The number of hydrogen-bond donors (Lipinski definition) is 1. The van der Waals surface area contributed by atoms with Gasteiger partial charge in [0, 0.05) is 17.8 Å². The lowest BCUT2D eigenvalue weighted by atomic mass is 10.2. The van der Waals surface area contributed by atoms with Gasteiger partial charge in [-0.05, 0) is 52.3 Å². The van der Waals surface area contributed by atoms with Gasteiger partial charge in [0.15, 0.2) is 5.79 Å². The third-order valence-corrected chi connectivity index (χ3v) is 6.51. The Morgan fingerprint density at radius 2 is 1.88 bits per heavy atom. The van der Waals surface area contributed by atoms with E-state index in [1.54, 1.807) is 11.3 Å². The highest BCUT2D eigenvalue weighted by molar-refractivity contribution is 7.18. The molecule has 2 aromatic rings. The van der Waals surface area contributed by atoms with Crippen molar-refractivity contribution in [2.45, 2.75) is 52.4 Å². The van der Waals surface area contributed by atoms with Gasteiger partial charge >= 0.3 is 0 Å². The summed E-state index contributed by atoms with van der Waals surface area (Å²) >= 11 is 1.76. The van der Waals surface area contributed by atoms with Gasteiger partial charge in [-0.3, -0.25) is 4.90 Å². The molecule has 6 nitrogen and oxygen atoms in total. The highest BCUT2D eigenvalue weighted by Gasteiger charge is 2.30. The van der Waals surface area contributed by atoms with Crippen molar-refractivity contribution in [1.82, 2.24) is 14.9 Å². The minimum absolute atomic E-state index is 0.475. The Morgan fingerprint density at radius 1 is 1.15 bits per heavy atom. The quantitative estimate of drug-likeness (QED) is 0.833. The van der Waals surface area contributed by atoms with Gasteiger partial charge in [0.25, 0.3) is 0 Å². The van der Waals surface area contributed by atoms with E-state index in [1.807, 2.05) is 6.92 Å². The van der Waals surface area contributed by atoms with Crippen LogP contribution in [0.1, 0.15) is 42.5 Å². The van der Waals surface area contributed by atoms with Gasteiger partial charge < -0.3 is 14.8 Å². The lowest BCUT2D eigenvalue weighted by Crippen LogP contribution is -2.28. The largest absolute Gasteiger partial charge is 0.369 e. The number of nitrogens with zero attached hydrogens (tertiary/aromatic N) is 3. The Hall–Kier alpha value is -1.28. The molecule has 0 saturated carbocycles. The summed E-state index contributed by atoms with van der Waals surface area (Å²) < 4.78 is 11.4. The van der Waals surface area contributed by atoms with Crippen LogP contribution in [0.2, 0.25) is 0 Å². The standard InChI is InChI=1S/C19H28N4O2S/c1-13-14(2)26-18-16(13)17(20-7-6-19(3)24-10-11-25-19)21-15(22-18)12-23-8-4-5-9-23/h4-12H2,1-3H3,(H,20,21,22). The maximum atomic E-state index is 5.71. The number of aromatic nitrogens is 2. The summed E-state index contributed by atoms with van der Waals surface area (Å²) in [6, 6.07) is 0. The van der Waals surface area contributed by atoms with E-state index >= 15 is 0 Å². The van der Waals surface area contributed by atoms with Gasteiger partial charge in [0.05, 0.1) is 25.1 Å². The van der Waals surface area contributed by atoms with Crippen molar-refractivity contribution in [3.05, 3.63) is 16.3 Å². The summed E-state index contributed by atoms with van der Waals surface area (Å²) in [6.07, 6.45) is 3.36. The van der Waals surface area contributed by atoms with E-state index in [0.717, 1.165) is 54.5 Å². The van der Waals surface area contributed by atoms with Gasteiger partial charge in [-0.2, -0.15) is 0 Å². The van der Waals surface area contributed by atoms with Crippen LogP contribution in [0.15, 0.2) is 0 Å². The number of thiophene rings is 1. The second-order valence-corrected chi connectivity index (χ2v) is 8.65. The molecule has 0 amide bonds. The van der Waals surface area contributed by atoms with E-state index in [4.69, 9.17) is 19.4 Å². The summed E-state index contributed by atoms with van der Waals surface area (Å²) in [4.78, 5) is 14.6. The zero-order valence-corrected chi connectivity index (χ0v) is 16.7. The first-order valence-corrected chi connectivity index (χ1v) is 10.4. The van der Waals surface area contributed by atoms with E-state index in [1.165, 1.54) is 23.3 Å². The molecule has 0 unspecified atom stereocenters. The van der Waals surface area contributed by atoms with Crippen LogP contribution in [0.5, 0.6) is 0 Å². The maximum Gasteiger partial charge on any atom is 0.167 e. The minimum atomic E-state index is -0.475. The Morgan fingerprint density at radius 3 is 2.62 bits per heavy atom. The minimum Gasteiger partial charge on any atom is -0.369 e. The van der Waals surface area contributed by atoms with Crippen LogP contribution in [0.3, 0.4) is 0 Å². The molecular weight excluding hydrogens is 348 g/mol. The van der Waals surface area contributed by atoms with Gasteiger partial charge in [-0.1, -0.05) is 0 Å². The lowest BCUT2D eigenvalue weighted by Gasteiger charge is -2.22. The van der Waals surface area contributed by atoms with Crippen molar-refractivity contribution in [2.75, 3.05) is 38.2 Å². The van der Waals surface area contributed by atoms with Crippen LogP contribution >= 0.6 is 11.3 Å². The second kappa shape index (κ2) is 7.38. The summed E-state index contributed by atoms with van der Waals surface area (Å²) in [5.41, 5.74) is 1.28. The smallest absolute Gasteiger partial charge is 0.167 e. The van der Waals surface area contributed by atoms with Crippen LogP contribution in [0.4, 0.5) is 5.82 Å². The third-order valence-electron chi connectivity index (χ3n) is 5.41. The second-order valence-electron chi connectivity index (χ2n) is 7.44. The van der Waals surface area contributed by atoms with E-state index < -0.39 is 5.79 Å². The Kier molecular flexibility index (Phi) is 5.14. The van der Waals surface area contributed by atoms with E-state index in [-0.39, 0.29) is 0 Å². The lowest BCUT2D eigenvalue weighted by molar-refractivity contribution is -0.144. The molecule has 0 aromatic carbocycles. The molecule has 4 heterocycles. The first-order chi connectivity index (χ1) is 12.5. The van der Waals surface area contributed by atoms with E-state index in [0.29, 0.717) is 13.2 Å². The zero-order chi connectivity index (χ0) is 18.1. The maximum absolute atomic E-state index is 5.71. The first kappa shape index (κ1) is 18.1. The predicted octanol–water partition coefficient (Wildman–Crippen LogP) is 3.47. The molecule has 2 saturated heterocycles. The van der Waals surface area contributed by atoms with Crippen molar-refractivity contribution < 1.29 is 9.47 Å². The molecule has 2 aliphatic heterocycles. The molecule has 0 radical (unpaired) electrons. The molecule has 142 valence electrons. The van der Waals surface area contributed by atoms with Crippen LogP contribution in [0.25, 0.3) is 10.2 Å². The molecule has 0 aliphatic carbocycles. The fourth-order valence-corrected chi connectivity index (χ4v) is 4.79. The van der Waals surface area contributed by atoms with Crippen molar-refractivity contribution in [3.8, 4) is 0 Å². The topological polar surface area (TPSA) is 59.5 Å². The number of likely N-dealkylation sites (tertiary alicyclic amines) is 1. The average Bonchev–Trinajstić information content (AvgIpc) is 3.31.